The highest BCUT2D eigenvalue weighted by molar-refractivity contribution is 8.04. The Morgan fingerprint density at radius 2 is 1.76 bits per heavy atom. The fraction of sp³-hybridized carbons (Fsp3) is 0.200. The maximum atomic E-state index is 12.1. The molecule has 1 aliphatic heterocycles. The molecular weight excluding hydrogens is 577 g/mol. The molecule has 1 N–H and O–H groups in total. The van der Waals surface area contributed by atoms with Crippen molar-refractivity contribution in [3.8, 4) is 0 Å². The number of thioether (sulfide) groups is 2. The van der Waals surface area contributed by atoms with Crippen LogP contribution in [-0.2, 0) is 6.54 Å². The van der Waals surface area contributed by atoms with Gasteiger partial charge in [0.1, 0.15) is 11.2 Å². The maximum Gasteiger partial charge on any atom is 0.336 e. The van der Waals surface area contributed by atoms with Crippen LogP contribution in [0.4, 0.5) is 5.69 Å². The fourth-order valence-corrected chi connectivity index (χ4v) is 9.04. The average molecular weight is 610 g/mol. The van der Waals surface area contributed by atoms with Crippen molar-refractivity contribution in [3.63, 3.8) is 0 Å². The zero-order valence-corrected chi connectivity index (χ0v) is 26.2. The van der Waals surface area contributed by atoms with Gasteiger partial charge in [0, 0.05) is 33.4 Å². The van der Waals surface area contributed by atoms with Crippen LogP contribution in [0.15, 0.2) is 122 Å². The van der Waals surface area contributed by atoms with E-state index in [4.69, 9.17) is 0 Å². The van der Waals surface area contributed by atoms with Crippen molar-refractivity contribution >= 4 is 62.8 Å². The molecule has 0 bridgehead atoms. The summed E-state index contributed by atoms with van der Waals surface area (Å²) in [6.45, 7) is 6.19. The van der Waals surface area contributed by atoms with Crippen LogP contribution >= 0.6 is 34.9 Å². The molecule has 0 saturated carbocycles. The molecular formula is C35H33N2O2S3+. The number of para-hydroxylation sites is 2. The number of anilines is 1. The Morgan fingerprint density at radius 1 is 0.976 bits per heavy atom. The van der Waals surface area contributed by atoms with Crippen LogP contribution in [0.1, 0.15) is 48.5 Å². The van der Waals surface area contributed by atoms with Crippen LogP contribution in [0.5, 0.6) is 0 Å². The average Bonchev–Trinajstić information content (AvgIpc) is 3.57. The van der Waals surface area contributed by atoms with Gasteiger partial charge in [0.05, 0.1) is 16.3 Å². The number of carboxylic acids is 1. The standard InChI is InChI=1S/C35H32N2O2S3/c1-3-36-27-15-6-9-18-30(27)40-32(36)22-20-24-12-11-13-25(34(24)42-29-17-8-5-14-26(29)35(38)39)21-23-33-37(4-2)28-16-7-10-19-31(28)41-33/h5-10,14-23H,3-4,11-13H2,1-2H3/p+1. The number of hydrogen-bond donors (Lipinski definition) is 1. The van der Waals surface area contributed by atoms with Gasteiger partial charge in [0.2, 0.25) is 5.52 Å². The number of allylic oxidation sites excluding steroid dienone is 5. The number of fused-ring (bicyclic) bond motifs is 2. The number of carbonyl (C=O) groups is 1. The minimum Gasteiger partial charge on any atom is -0.478 e. The van der Waals surface area contributed by atoms with E-state index in [0.717, 1.165) is 42.2 Å². The molecule has 4 aromatic rings. The summed E-state index contributed by atoms with van der Waals surface area (Å²) in [7, 11) is 0. The summed E-state index contributed by atoms with van der Waals surface area (Å²) in [5.74, 6) is -0.896. The summed E-state index contributed by atoms with van der Waals surface area (Å²) in [5, 5.41) is 12.4. The number of thiazole rings is 1. The molecule has 0 fully saturated rings. The van der Waals surface area contributed by atoms with Gasteiger partial charge in [0.15, 0.2) is 0 Å². The largest absolute Gasteiger partial charge is 0.478 e. The van der Waals surface area contributed by atoms with Gasteiger partial charge < -0.3 is 10.0 Å². The second-order valence-electron chi connectivity index (χ2n) is 10.1. The predicted octanol–water partition coefficient (Wildman–Crippen LogP) is 9.55. The smallest absolute Gasteiger partial charge is 0.336 e. The molecule has 0 atom stereocenters. The van der Waals surface area contributed by atoms with Crippen LogP contribution in [0, 0.1) is 0 Å². The minimum absolute atomic E-state index is 0.342. The predicted molar refractivity (Wildman–Crippen MR) is 178 cm³/mol. The van der Waals surface area contributed by atoms with Gasteiger partial charge in [-0.15, -0.1) is 0 Å². The zero-order valence-electron chi connectivity index (χ0n) is 23.7. The molecule has 42 heavy (non-hydrogen) atoms. The van der Waals surface area contributed by atoms with Crippen molar-refractivity contribution in [2.75, 3.05) is 11.4 Å². The van der Waals surface area contributed by atoms with E-state index in [2.05, 4.69) is 96.1 Å². The number of rotatable bonds is 8. The van der Waals surface area contributed by atoms with Crippen LogP contribution in [-0.4, -0.2) is 17.6 Å². The first-order valence-electron chi connectivity index (χ1n) is 14.4. The molecule has 4 nitrogen and oxygen atoms in total. The molecule has 0 saturated heterocycles. The molecule has 1 aliphatic carbocycles. The summed E-state index contributed by atoms with van der Waals surface area (Å²) >= 11 is 5.21. The van der Waals surface area contributed by atoms with E-state index in [0.29, 0.717) is 5.56 Å². The van der Waals surface area contributed by atoms with Crippen LogP contribution in [0.25, 0.3) is 16.3 Å². The molecule has 6 rings (SSSR count). The third kappa shape index (κ3) is 5.74. The molecule has 0 unspecified atom stereocenters. The number of benzene rings is 3. The van der Waals surface area contributed by atoms with Gasteiger partial charge >= 0.3 is 5.97 Å². The second kappa shape index (κ2) is 12.8. The molecule has 3 aromatic carbocycles. The van der Waals surface area contributed by atoms with Gasteiger partial charge in [0.25, 0.3) is 5.01 Å². The van der Waals surface area contributed by atoms with Crippen molar-refractivity contribution in [3.05, 3.63) is 123 Å². The maximum absolute atomic E-state index is 12.1. The summed E-state index contributed by atoms with van der Waals surface area (Å²) in [5.41, 5.74) is 5.37. The monoisotopic (exact) mass is 609 g/mol. The van der Waals surface area contributed by atoms with Crippen molar-refractivity contribution in [1.29, 1.82) is 0 Å². The quantitative estimate of drug-likeness (QED) is 0.202. The third-order valence-electron chi connectivity index (χ3n) is 7.56. The van der Waals surface area contributed by atoms with Crippen molar-refractivity contribution in [2.45, 2.75) is 49.4 Å². The van der Waals surface area contributed by atoms with Gasteiger partial charge in [-0.3, -0.25) is 0 Å². The Balaban J connectivity index is 1.42. The summed E-state index contributed by atoms with van der Waals surface area (Å²) in [6.07, 6.45) is 12.0. The molecule has 2 aliphatic rings. The normalized spacial score (nSPS) is 17.2. The van der Waals surface area contributed by atoms with E-state index in [-0.39, 0.29) is 0 Å². The van der Waals surface area contributed by atoms with E-state index in [1.54, 1.807) is 23.9 Å². The van der Waals surface area contributed by atoms with Crippen LogP contribution in [0.3, 0.4) is 0 Å². The highest BCUT2D eigenvalue weighted by atomic mass is 32.2. The lowest BCUT2D eigenvalue weighted by Crippen LogP contribution is -2.33. The lowest BCUT2D eigenvalue weighted by Gasteiger charge is -2.22. The Kier molecular flexibility index (Phi) is 8.70. The lowest BCUT2D eigenvalue weighted by molar-refractivity contribution is -0.665. The fourth-order valence-electron chi connectivity index (χ4n) is 5.54. The molecule has 0 amide bonds. The Bertz CT molecular complexity index is 1780. The van der Waals surface area contributed by atoms with Crippen LogP contribution in [0.2, 0.25) is 0 Å². The highest BCUT2D eigenvalue weighted by Crippen LogP contribution is 2.47. The van der Waals surface area contributed by atoms with E-state index >= 15 is 0 Å². The Morgan fingerprint density at radius 3 is 2.60 bits per heavy atom. The number of aromatic nitrogens is 1. The number of carboxylic acid groups (broad SMARTS) is 1. The third-order valence-corrected chi connectivity index (χ3v) is 11.1. The molecule has 7 heteroatoms. The van der Waals surface area contributed by atoms with E-state index in [9.17, 15) is 9.90 Å². The summed E-state index contributed by atoms with van der Waals surface area (Å²) < 4.78 is 3.64. The van der Waals surface area contributed by atoms with Crippen molar-refractivity contribution < 1.29 is 14.5 Å². The van der Waals surface area contributed by atoms with Gasteiger partial charge in [-0.1, -0.05) is 83.4 Å². The summed E-state index contributed by atoms with van der Waals surface area (Å²) in [6, 6.07) is 24.5. The lowest BCUT2D eigenvalue weighted by atomic mass is 9.94. The first-order valence-corrected chi connectivity index (χ1v) is 16.8. The van der Waals surface area contributed by atoms with E-state index in [1.807, 2.05) is 35.2 Å². The highest BCUT2D eigenvalue weighted by Gasteiger charge is 2.24. The van der Waals surface area contributed by atoms with E-state index in [1.165, 1.54) is 42.0 Å². The first-order chi connectivity index (χ1) is 20.6. The first kappa shape index (κ1) is 28.6. The topological polar surface area (TPSA) is 44.4 Å². The molecule has 212 valence electrons. The number of nitrogens with zero attached hydrogens (tertiary/aromatic N) is 2. The molecule has 1 aromatic heterocycles. The van der Waals surface area contributed by atoms with Gasteiger partial charge in [-0.25, -0.2) is 4.79 Å². The molecule has 2 heterocycles. The number of hydrogen-bond acceptors (Lipinski definition) is 5. The van der Waals surface area contributed by atoms with Crippen molar-refractivity contribution in [1.82, 2.24) is 0 Å². The number of aromatic carboxylic acids is 1. The Hall–Kier alpha value is -3.52. The van der Waals surface area contributed by atoms with Gasteiger partial charge in [-0.05, 0) is 80.7 Å². The van der Waals surface area contributed by atoms with E-state index < -0.39 is 5.97 Å². The SMILES string of the molecule is CCN1C(=CC=C2CCCC(C=Cc3sc4ccccc4[n+]3CC)=C2Sc2ccccc2C(=O)O)Sc2ccccc21. The minimum atomic E-state index is -0.896. The molecule has 0 radical (unpaired) electrons. The zero-order chi connectivity index (χ0) is 29.1. The summed E-state index contributed by atoms with van der Waals surface area (Å²) in [4.78, 5) is 17.7. The Labute approximate surface area is 259 Å². The molecule has 0 spiro atoms. The van der Waals surface area contributed by atoms with Gasteiger partial charge in [-0.2, -0.15) is 4.57 Å². The van der Waals surface area contributed by atoms with Crippen LogP contribution < -0.4 is 9.47 Å². The number of aryl methyl sites for hydroxylation is 1. The second-order valence-corrected chi connectivity index (χ2v) is 13.3. The van der Waals surface area contributed by atoms with Crippen molar-refractivity contribution in [2.24, 2.45) is 0 Å².